The van der Waals surface area contributed by atoms with E-state index in [9.17, 15) is 14.9 Å². The van der Waals surface area contributed by atoms with Crippen LogP contribution < -0.4 is 10.6 Å². The van der Waals surface area contributed by atoms with Crippen LogP contribution in [0.5, 0.6) is 0 Å². The van der Waals surface area contributed by atoms with Gasteiger partial charge < -0.3 is 10.5 Å². The molecule has 0 bridgehead atoms. The Morgan fingerprint density at radius 1 is 1.47 bits per heavy atom. The van der Waals surface area contributed by atoms with Gasteiger partial charge in [-0.3, -0.25) is 15.0 Å². The van der Waals surface area contributed by atoms with E-state index in [1.807, 2.05) is 0 Å². The van der Waals surface area contributed by atoms with Gasteiger partial charge in [0.25, 0.3) is 5.69 Å². The van der Waals surface area contributed by atoms with Crippen molar-refractivity contribution in [1.29, 1.82) is 0 Å². The van der Waals surface area contributed by atoms with Crippen molar-refractivity contribution in [3.8, 4) is 0 Å². The van der Waals surface area contributed by atoms with Crippen molar-refractivity contribution in [1.82, 2.24) is 0 Å². The van der Waals surface area contributed by atoms with Crippen LogP contribution in [0.1, 0.15) is 6.42 Å². The molecule has 1 aromatic rings. The summed E-state index contributed by atoms with van der Waals surface area (Å²) < 4.78 is 4.87. The Morgan fingerprint density at radius 2 is 2.24 bits per heavy atom. The van der Waals surface area contributed by atoms with E-state index in [2.05, 4.69) is 0 Å². The first-order valence-electron chi connectivity index (χ1n) is 5.08. The Kier molecular flexibility index (Phi) is 2.82. The summed E-state index contributed by atoms with van der Waals surface area (Å²) in [5.41, 5.74) is 5.93. The van der Waals surface area contributed by atoms with Crippen molar-refractivity contribution < 1.29 is 14.5 Å². The smallest absolute Gasteiger partial charge is 0.414 e. The number of nitrogens with zero attached hydrogens (tertiary/aromatic N) is 2. The van der Waals surface area contributed by atoms with E-state index in [1.165, 1.54) is 23.1 Å². The number of nitro benzene ring substituents is 1. The average molecular weight is 237 g/mol. The molecular weight excluding hydrogens is 226 g/mol. The SMILES string of the molecule is Nc1cc(N2CCCOC2=O)ccc1[N+](=O)[O-]. The lowest BCUT2D eigenvalue weighted by Crippen LogP contribution is -2.37. The molecule has 1 aliphatic rings. The molecule has 1 fully saturated rings. The van der Waals surface area contributed by atoms with Crippen LogP contribution in [0.2, 0.25) is 0 Å². The molecule has 90 valence electrons. The Balaban J connectivity index is 2.30. The molecule has 0 unspecified atom stereocenters. The Morgan fingerprint density at radius 3 is 2.82 bits per heavy atom. The fraction of sp³-hybridized carbons (Fsp3) is 0.300. The molecule has 0 atom stereocenters. The van der Waals surface area contributed by atoms with E-state index in [0.717, 1.165) is 6.42 Å². The van der Waals surface area contributed by atoms with Crippen molar-refractivity contribution in [2.24, 2.45) is 0 Å². The van der Waals surface area contributed by atoms with Crippen molar-refractivity contribution in [3.63, 3.8) is 0 Å². The number of cyclic esters (lactones) is 1. The minimum Gasteiger partial charge on any atom is -0.449 e. The molecule has 0 saturated carbocycles. The maximum Gasteiger partial charge on any atom is 0.414 e. The zero-order valence-corrected chi connectivity index (χ0v) is 8.96. The van der Waals surface area contributed by atoms with Gasteiger partial charge in [-0.1, -0.05) is 0 Å². The minimum atomic E-state index is -0.562. The number of amides is 1. The number of carbonyl (C=O) groups excluding carboxylic acids is 1. The van der Waals surface area contributed by atoms with E-state index in [4.69, 9.17) is 10.5 Å². The van der Waals surface area contributed by atoms with Gasteiger partial charge in [-0.2, -0.15) is 0 Å². The predicted molar refractivity (Wildman–Crippen MR) is 60.8 cm³/mol. The number of nitrogens with two attached hydrogens (primary N) is 1. The zero-order chi connectivity index (χ0) is 12.4. The maximum absolute atomic E-state index is 11.5. The van der Waals surface area contributed by atoms with E-state index in [1.54, 1.807) is 0 Å². The third kappa shape index (κ3) is 2.12. The number of hydrogen-bond acceptors (Lipinski definition) is 5. The van der Waals surface area contributed by atoms with Crippen LogP contribution in [0.4, 0.5) is 21.9 Å². The molecule has 2 N–H and O–H groups in total. The molecule has 0 spiro atoms. The van der Waals surface area contributed by atoms with Gasteiger partial charge in [-0.15, -0.1) is 0 Å². The molecule has 0 aromatic heterocycles. The van der Waals surface area contributed by atoms with Crippen LogP contribution in [0.25, 0.3) is 0 Å². The highest BCUT2D eigenvalue weighted by molar-refractivity contribution is 5.89. The summed E-state index contributed by atoms with van der Waals surface area (Å²) >= 11 is 0. The van der Waals surface area contributed by atoms with E-state index in [-0.39, 0.29) is 11.4 Å². The maximum atomic E-state index is 11.5. The lowest BCUT2D eigenvalue weighted by atomic mass is 10.2. The molecule has 1 saturated heterocycles. The number of ether oxygens (including phenoxy) is 1. The normalized spacial score (nSPS) is 15.5. The molecule has 2 rings (SSSR count). The van der Waals surface area contributed by atoms with Crippen LogP contribution >= 0.6 is 0 Å². The monoisotopic (exact) mass is 237 g/mol. The van der Waals surface area contributed by atoms with Gasteiger partial charge in [0.05, 0.1) is 11.5 Å². The number of carbonyl (C=O) groups is 1. The molecule has 1 amide bonds. The molecule has 7 nitrogen and oxygen atoms in total. The highest BCUT2D eigenvalue weighted by Gasteiger charge is 2.23. The van der Waals surface area contributed by atoms with Crippen LogP contribution in [0.15, 0.2) is 18.2 Å². The number of benzene rings is 1. The molecular formula is C10H11N3O4. The lowest BCUT2D eigenvalue weighted by molar-refractivity contribution is -0.383. The number of nitrogen functional groups attached to an aromatic ring is 1. The average Bonchev–Trinajstić information content (AvgIpc) is 2.29. The first-order chi connectivity index (χ1) is 8.09. The van der Waals surface area contributed by atoms with Gasteiger partial charge in [-0.05, 0) is 18.6 Å². The van der Waals surface area contributed by atoms with Crippen molar-refractivity contribution in [2.75, 3.05) is 23.8 Å². The molecule has 0 aliphatic carbocycles. The standard InChI is InChI=1S/C10H11N3O4/c11-8-6-7(2-3-9(8)13(15)16)12-4-1-5-17-10(12)14/h2-3,6H,1,4-5,11H2. The van der Waals surface area contributed by atoms with Gasteiger partial charge in [0.2, 0.25) is 0 Å². The second kappa shape index (κ2) is 4.28. The van der Waals surface area contributed by atoms with Crippen molar-refractivity contribution in [3.05, 3.63) is 28.3 Å². The van der Waals surface area contributed by atoms with Gasteiger partial charge >= 0.3 is 6.09 Å². The molecule has 7 heteroatoms. The fourth-order valence-electron chi connectivity index (χ4n) is 1.66. The summed E-state index contributed by atoms with van der Waals surface area (Å²) in [6.45, 7) is 0.924. The van der Waals surface area contributed by atoms with Gasteiger partial charge in [0.15, 0.2) is 0 Å². The third-order valence-corrected chi connectivity index (χ3v) is 2.49. The summed E-state index contributed by atoms with van der Waals surface area (Å²) in [4.78, 5) is 22.9. The summed E-state index contributed by atoms with van der Waals surface area (Å²) in [5.74, 6) is 0. The minimum absolute atomic E-state index is 0.0332. The van der Waals surface area contributed by atoms with Gasteiger partial charge in [0, 0.05) is 18.3 Å². The predicted octanol–water partition coefficient (Wildman–Crippen LogP) is 1.52. The number of hydrogen-bond donors (Lipinski definition) is 1. The summed E-state index contributed by atoms with van der Waals surface area (Å²) in [7, 11) is 0. The zero-order valence-electron chi connectivity index (χ0n) is 8.96. The quantitative estimate of drug-likeness (QED) is 0.477. The Labute approximate surface area is 96.9 Å². The van der Waals surface area contributed by atoms with Gasteiger partial charge in [-0.25, -0.2) is 4.79 Å². The molecule has 0 radical (unpaired) electrons. The van der Waals surface area contributed by atoms with Crippen molar-refractivity contribution in [2.45, 2.75) is 6.42 Å². The van der Waals surface area contributed by atoms with Crippen molar-refractivity contribution >= 4 is 23.2 Å². The molecule has 1 heterocycles. The van der Waals surface area contributed by atoms with Crippen LogP contribution in [0.3, 0.4) is 0 Å². The van der Waals surface area contributed by atoms with Crippen LogP contribution in [-0.4, -0.2) is 24.2 Å². The number of rotatable bonds is 2. The Hall–Kier alpha value is -2.31. The second-order valence-electron chi connectivity index (χ2n) is 3.62. The summed E-state index contributed by atoms with van der Waals surface area (Å²) in [5, 5.41) is 10.6. The third-order valence-electron chi connectivity index (χ3n) is 2.49. The first-order valence-corrected chi connectivity index (χ1v) is 5.08. The highest BCUT2D eigenvalue weighted by Crippen LogP contribution is 2.28. The van der Waals surface area contributed by atoms with Crippen LogP contribution in [-0.2, 0) is 4.74 Å². The fourth-order valence-corrected chi connectivity index (χ4v) is 1.66. The van der Waals surface area contributed by atoms with E-state index < -0.39 is 11.0 Å². The Bertz CT molecular complexity index is 475. The van der Waals surface area contributed by atoms with Gasteiger partial charge in [0.1, 0.15) is 5.69 Å². The summed E-state index contributed by atoms with van der Waals surface area (Å²) in [6, 6.07) is 4.18. The molecule has 1 aliphatic heterocycles. The first kappa shape index (κ1) is 11.2. The summed E-state index contributed by atoms with van der Waals surface area (Å²) in [6.07, 6.45) is 0.271. The topological polar surface area (TPSA) is 98.7 Å². The van der Waals surface area contributed by atoms with E-state index in [0.29, 0.717) is 18.8 Å². The number of nitro groups is 1. The largest absolute Gasteiger partial charge is 0.449 e. The molecule has 1 aromatic carbocycles. The second-order valence-corrected chi connectivity index (χ2v) is 3.62. The highest BCUT2D eigenvalue weighted by atomic mass is 16.6. The van der Waals surface area contributed by atoms with Crippen LogP contribution in [0, 0.1) is 10.1 Å². The van der Waals surface area contributed by atoms with E-state index >= 15 is 0 Å². The molecule has 17 heavy (non-hydrogen) atoms. The number of anilines is 2. The lowest BCUT2D eigenvalue weighted by Gasteiger charge is -2.26.